The van der Waals surface area contributed by atoms with Crippen LogP contribution in [-0.4, -0.2) is 50.2 Å². The number of nitrogens with zero attached hydrogens (tertiary/aromatic N) is 1. The topological polar surface area (TPSA) is 78.8 Å². The highest BCUT2D eigenvalue weighted by atomic mass is 35.5. The van der Waals surface area contributed by atoms with Crippen molar-refractivity contribution in [3.05, 3.63) is 40.9 Å². The van der Waals surface area contributed by atoms with Crippen molar-refractivity contribution in [3.63, 3.8) is 0 Å². The van der Waals surface area contributed by atoms with E-state index in [-0.39, 0.29) is 11.4 Å². The quantitative estimate of drug-likeness (QED) is 0.665. The number of halogens is 1. The molecule has 1 aliphatic carbocycles. The number of carbonyl (C=O) groups is 1. The molecule has 1 aromatic carbocycles. The molecule has 3 N–H and O–H groups in total. The molecule has 7 nitrogen and oxygen atoms in total. The van der Waals surface area contributed by atoms with Gasteiger partial charge in [-0.05, 0) is 25.0 Å². The van der Waals surface area contributed by atoms with E-state index in [1.165, 1.54) is 6.42 Å². The molecule has 0 atom stereocenters. The van der Waals surface area contributed by atoms with Crippen LogP contribution in [0, 0.1) is 0 Å². The average Bonchev–Trinajstić information content (AvgIpc) is 3.18. The number of ether oxygens (including phenoxy) is 1. The smallest absolute Gasteiger partial charge is 0.287 e. The number of rotatable bonds is 4. The second kappa shape index (κ2) is 8.37. The first kappa shape index (κ1) is 20.7. The summed E-state index contributed by atoms with van der Waals surface area (Å²) in [4.78, 5) is 15.1. The molecule has 1 aromatic heterocycles. The van der Waals surface area contributed by atoms with Crippen molar-refractivity contribution in [3.8, 4) is 0 Å². The average molecular weight is 445 g/mol. The molecule has 3 heterocycles. The number of benzene rings is 1. The van der Waals surface area contributed by atoms with E-state index in [1.54, 1.807) is 6.07 Å². The van der Waals surface area contributed by atoms with E-state index in [1.807, 2.05) is 6.07 Å². The van der Waals surface area contributed by atoms with E-state index in [4.69, 9.17) is 20.8 Å². The third-order valence-electron chi connectivity index (χ3n) is 6.65. The zero-order valence-corrected chi connectivity index (χ0v) is 18.4. The van der Waals surface area contributed by atoms with Gasteiger partial charge in [0.1, 0.15) is 5.58 Å². The van der Waals surface area contributed by atoms with E-state index in [2.05, 4.69) is 27.4 Å². The summed E-state index contributed by atoms with van der Waals surface area (Å²) in [5.74, 6) is 0.869. The first-order chi connectivity index (χ1) is 15.1. The summed E-state index contributed by atoms with van der Waals surface area (Å²) in [6.45, 7) is 8.78. The molecule has 0 radical (unpaired) electrons. The molecule has 5 rings (SSSR count). The fourth-order valence-corrected chi connectivity index (χ4v) is 5.40. The number of amides is 1. The highest BCUT2D eigenvalue weighted by Gasteiger charge is 2.42. The van der Waals surface area contributed by atoms with Gasteiger partial charge in [0, 0.05) is 37.1 Å². The van der Waals surface area contributed by atoms with Crippen molar-refractivity contribution in [2.24, 2.45) is 0 Å². The molecule has 2 aliphatic heterocycles. The minimum Gasteiger partial charge on any atom is -0.450 e. The van der Waals surface area contributed by atoms with E-state index >= 15 is 0 Å². The van der Waals surface area contributed by atoms with Crippen molar-refractivity contribution in [1.82, 2.24) is 15.5 Å². The molecule has 2 fully saturated rings. The summed E-state index contributed by atoms with van der Waals surface area (Å²) in [5, 5.41) is 11.3. The number of hydrogen-bond donors (Lipinski definition) is 3. The third kappa shape index (κ3) is 3.90. The highest BCUT2D eigenvalue weighted by Crippen LogP contribution is 2.49. The van der Waals surface area contributed by atoms with Crippen LogP contribution in [0.15, 0.2) is 28.9 Å². The molecule has 1 saturated carbocycles. The Morgan fingerprint density at radius 1 is 1.23 bits per heavy atom. The maximum Gasteiger partial charge on any atom is 0.287 e. The zero-order chi connectivity index (χ0) is 21.4. The Labute approximate surface area is 187 Å². The Hall–Kier alpha value is -2.22. The number of anilines is 1. The molecule has 0 unspecified atom stereocenters. The summed E-state index contributed by atoms with van der Waals surface area (Å²) < 4.78 is 11.5. The normalized spacial score (nSPS) is 20.9. The SMILES string of the molecule is C=C1Nc2c(Cl)cc3cc(C(=O)NCCN4CCOCC4)oc3c2C2(CCCCC2)N1. The largest absolute Gasteiger partial charge is 0.450 e. The minimum atomic E-state index is -0.263. The van der Waals surface area contributed by atoms with Crippen molar-refractivity contribution < 1.29 is 13.9 Å². The second-order valence-corrected chi connectivity index (χ2v) is 9.13. The number of carbonyl (C=O) groups excluding carboxylic acids is 1. The van der Waals surface area contributed by atoms with Crippen LogP contribution in [0.2, 0.25) is 5.02 Å². The van der Waals surface area contributed by atoms with Gasteiger partial charge in [-0.3, -0.25) is 9.69 Å². The van der Waals surface area contributed by atoms with Gasteiger partial charge in [0.25, 0.3) is 5.91 Å². The molecule has 3 aliphatic rings. The number of morpholine rings is 1. The van der Waals surface area contributed by atoms with Gasteiger partial charge in [0.15, 0.2) is 5.76 Å². The molecule has 0 bridgehead atoms. The fourth-order valence-electron chi connectivity index (χ4n) is 5.14. The van der Waals surface area contributed by atoms with Crippen molar-refractivity contribution in [2.45, 2.75) is 37.6 Å². The lowest BCUT2D eigenvalue weighted by Crippen LogP contribution is -2.48. The number of nitrogens with one attached hydrogen (secondary N) is 3. The molecule has 31 heavy (non-hydrogen) atoms. The first-order valence-corrected chi connectivity index (χ1v) is 11.5. The summed E-state index contributed by atoms with van der Waals surface area (Å²) in [6.07, 6.45) is 5.44. The van der Waals surface area contributed by atoms with Gasteiger partial charge in [-0.2, -0.15) is 0 Å². The standard InChI is InChI=1S/C23H29ClN4O3/c1-15-26-20-17(24)13-16-14-18(22(29)25-7-8-28-9-11-30-12-10-28)31-21(16)19(20)23(27-15)5-3-2-4-6-23/h13-14,26-27H,1-12H2,(H,25,29). The molecular formula is C23H29ClN4O3. The minimum absolute atomic E-state index is 0.201. The monoisotopic (exact) mass is 444 g/mol. The predicted molar refractivity (Wildman–Crippen MR) is 121 cm³/mol. The van der Waals surface area contributed by atoms with Crippen molar-refractivity contribution >= 4 is 34.2 Å². The van der Waals surface area contributed by atoms with Gasteiger partial charge >= 0.3 is 0 Å². The van der Waals surface area contributed by atoms with Crippen LogP contribution in [0.3, 0.4) is 0 Å². The Bertz CT molecular complexity index is 1010. The van der Waals surface area contributed by atoms with Gasteiger partial charge < -0.3 is 25.1 Å². The molecular weight excluding hydrogens is 416 g/mol. The van der Waals surface area contributed by atoms with Crippen molar-refractivity contribution in [2.75, 3.05) is 44.7 Å². The summed E-state index contributed by atoms with van der Waals surface area (Å²) in [5.41, 5.74) is 2.33. The van der Waals surface area contributed by atoms with E-state index in [0.717, 1.165) is 86.6 Å². The molecule has 8 heteroatoms. The fraction of sp³-hybridized carbons (Fsp3) is 0.522. The van der Waals surface area contributed by atoms with Gasteiger partial charge in [0.05, 0.1) is 35.3 Å². The molecule has 2 aromatic rings. The van der Waals surface area contributed by atoms with Crippen LogP contribution in [-0.2, 0) is 10.3 Å². The maximum atomic E-state index is 12.8. The van der Waals surface area contributed by atoms with E-state index < -0.39 is 0 Å². The lowest BCUT2D eigenvalue weighted by atomic mass is 9.74. The van der Waals surface area contributed by atoms with E-state index in [0.29, 0.717) is 17.3 Å². The van der Waals surface area contributed by atoms with Gasteiger partial charge in [-0.1, -0.05) is 37.4 Å². The van der Waals surface area contributed by atoms with Crippen molar-refractivity contribution in [1.29, 1.82) is 0 Å². The highest BCUT2D eigenvalue weighted by molar-refractivity contribution is 6.34. The molecule has 166 valence electrons. The van der Waals surface area contributed by atoms with Gasteiger partial charge in [-0.25, -0.2) is 0 Å². The Balaban J connectivity index is 1.42. The van der Waals surface area contributed by atoms with Gasteiger partial charge in [-0.15, -0.1) is 0 Å². The zero-order valence-electron chi connectivity index (χ0n) is 17.7. The third-order valence-corrected chi connectivity index (χ3v) is 6.95. The predicted octanol–water partition coefficient (Wildman–Crippen LogP) is 3.79. The van der Waals surface area contributed by atoms with Crippen LogP contribution < -0.4 is 16.0 Å². The Morgan fingerprint density at radius 2 is 2.00 bits per heavy atom. The lowest BCUT2D eigenvalue weighted by molar-refractivity contribution is 0.0382. The van der Waals surface area contributed by atoms with E-state index in [9.17, 15) is 4.79 Å². The van der Waals surface area contributed by atoms with Crippen LogP contribution >= 0.6 is 11.6 Å². The Kier molecular flexibility index (Phi) is 5.58. The van der Waals surface area contributed by atoms with Crippen LogP contribution in [0.25, 0.3) is 11.0 Å². The summed E-state index contributed by atoms with van der Waals surface area (Å²) in [6, 6.07) is 3.66. The molecule has 1 amide bonds. The molecule has 1 spiro atoms. The summed E-state index contributed by atoms with van der Waals surface area (Å²) in [7, 11) is 0. The second-order valence-electron chi connectivity index (χ2n) is 8.72. The van der Waals surface area contributed by atoms with Gasteiger partial charge in [0.2, 0.25) is 0 Å². The Morgan fingerprint density at radius 3 is 2.77 bits per heavy atom. The van der Waals surface area contributed by atoms with Crippen LogP contribution in [0.5, 0.6) is 0 Å². The number of fused-ring (bicyclic) bond motifs is 4. The maximum absolute atomic E-state index is 12.8. The number of hydrogen-bond acceptors (Lipinski definition) is 6. The lowest BCUT2D eigenvalue weighted by Gasteiger charge is -2.44. The summed E-state index contributed by atoms with van der Waals surface area (Å²) >= 11 is 6.66. The molecule has 1 saturated heterocycles. The van der Waals surface area contributed by atoms with Crippen LogP contribution in [0.4, 0.5) is 5.69 Å². The van der Waals surface area contributed by atoms with Crippen LogP contribution in [0.1, 0.15) is 48.2 Å². The first-order valence-electron chi connectivity index (χ1n) is 11.1. The number of furan rings is 1.